The molecule has 0 aliphatic rings. The van der Waals surface area contributed by atoms with Crippen LogP contribution in [-0.4, -0.2) is 24.5 Å². The van der Waals surface area contributed by atoms with Crippen LogP contribution in [0.1, 0.15) is 45.4 Å². The van der Waals surface area contributed by atoms with Gasteiger partial charge in [-0.1, -0.05) is 39.0 Å². The van der Waals surface area contributed by atoms with Gasteiger partial charge >= 0.3 is 0 Å². The summed E-state index contributed by atoms with van der Waals surface area (Å²) in [6.07, 6.45) is 9.24. The third-order valence-electron chi connectivity index (χ3n) is 2.40. The van der Waals surface area contributed by atoms with E-state index in [1.807, 2.05) is 11.9 Å². The highest BCUT2D eigenvalue weighted by atomic mass is 15.2. The molecule has 0 aromatic carbocycles. The molecule has 0 rings (SSSR count). The number of unbranched alkanes of at least 4 members (excludes halogenated alkanes) is 5. The summed E-state index contributed by atoms with van der Waals surface area (Å²) in [6.45, 7) is 3.09. The molecule has 0 atom stereocenters. The summed E-state index contributed by atoms with van der Waals surface area (Å²) in [4.78, 5) is 5.30. The molecular weight excluding hydrogens is 188 g/mol. The van der Waals surface area contributed by atoms with E-state index in [2.05, 4.69) is 11.9 Å². The summed E-state index contributed by atoms with van der Waals surface area (Å²) >= 11 is 0. The van der Waals surface area contributed by atoms with Gasteiger partial charge in [-0.2, -0.15) is 5.26 Å². The Morgan fingerprint density at radius 1 is 1.27 bits per heavy atom. The highest BCUT2D eigenvalue weighted by molar-refractivity contribution is 5.78. The Balaban J connectivity index is 3.43. The molecule has 4 nitrogen and oxygen atoms in total. The largest absolute Gasteiger partial charge is 0.369 e. The maximum Gasteiger partial charge on any atom is 0.209 e. The molecule has 0 amide bonds. The fraction of sp³-hybridized carbons (Fsp3) is 0.818. The predicted octanol–water partition coefficient (Wildman–Crippen LogP) is 2.07. The van der Waals surface area contributed by atoms with Gasteiger partial charge in [0.1, 0.15) is 0 Å². The van der Waals surface area contributed by atoms with Crippen LogP contribution < -0.4 is 5.73 Å². The monoisotopic (exact) mass is 210 g/mol. The lowest BCUT2D eigenvalue weighted by Crippen LogP contribution is -2.34. The lowest BCUT2D eigenvalue weighted by atomic mass is 10.1. The number of nitriles is 1. The molecule has 4 heteroatoms. The first kappa shape index (κ1) is 13.8. The van der Waals surface area contributed by atoms with Crippen molar-refractivity contribution < 1.29 is 0 Å². The van der Waals surface area contributed by atoms with Crippen molar-refractivity contribution >= 4 is 5.96 Å². The van der Waals surface area contributed by atoms with E-state index in [9.17, 15) is 0 Å². The van der Waals surface area contributed by atoms with Crippen LogP contribution >= 0.6 is 0 Å². The lowest BCUT2D eigenvalue weighted by molar-refractivity contribution is 0.462. The van der Waals surface area contributed by atoms with E-state index in [0.29, 0.717) is 5.96 Å². The normalized spacial score (nSPS) is 11.1. The SMILES string of the molecule is CCCCCCCCN(C)C(N)=NC#N. The molecule has 0 saturated carbocycles. The molecule has 0 aliphatic carbocycles. The van der Waals surface area contributed by atoms with Gasteiger partial charge in [-0.15, -0.1) is 4.99 Å². The van der Waals surface area contributed by atoms with Crippen molar-refractivity contribution in [1.29, 1.82) is 5.26 Å². The van der Waals surface area contributed by atoms with E-state index in [1.165, 1.54) is 32.1 Å². The molecule has 0 unspecified atom stereocenters. The number of nitrogens with two attached hydrogens (primary N) is 1. The van der Waals surface area contributed by atoms with Crippen LogP contribution in [0.5, 0.6) is 0 Å². The zero-order valence-electron chi connectivity index (χ0n) is 9.87. The minimum Gasteiger partial charge on any atom is -0.369 e. The zero-order valence-corrected chi connectivity index (χ0v) is 9.87. The molecule has 86 valence electrons. The number of aliphatic imine (C=N–C) groups is 1. The highest BCUT2D eigenvalue weighted by Crippen LogP contribution is 2.05. The van der Waals surface area contributed by atoms with E-state index in [-0.39, 0.29) is 0 Å². The molecule has 2 N–H and O–H groups in total. The van der Waals surface area contributed by atoms with Crippen molar-refractivity contribution in [2.45, 2.75) is 45.4 Å². The Labute approximate surface area is 92.8 Å². The fourth-order valence-corrected chi connectivity index (χ4v) is 1.38. The summed E-state index contributed by atoms with van der Waals surface area (Å²) in [5.74, 6) is 0.311. The van der Waals surface area contributed by atoms with E-state index in [4.69, 9.17) is 11.0 Å². The second-order valence-electron chi connectivity index (χ2n) is 3.76. The molecule has 0 radical (unpaired) electrons. The molecule has 0 bridgehead atoms. The first-order chi connectivity index (χ1) is 7.22. The van der Waals surface area contributed by atoms with E-state index >= 15 is 0 Å². The lowest BCUT2D eigenvalue weighted by Gasteiger charge is -2.16. The molecule has 0 saturated heterocycles. The second kappa shape index (κ2) is 9.32. The summed E-state index contributed by atoms with van der Waals surface area (Å²) in [6, 6.07) is 0. The van der Waals surface area contributed by atoms with Crippen molar-refractivity contribution in [3.63, 3.8) is 0 Å². The Bertz CT molecular complexity index is 217. The molecular formula is C11H22N4. The van der Waals surface area contributed by atoms with Crippen LogP contribution in [0.25, 0.3) is 0 Å². The number of hydrogen-bond acceptors (Lipinski definition) is 2. The first-order valence-electron chi connectivity index (χ1n) is 5.65. The van der Waals surface area contributed by atoms with Crippen LogP contribution in [0.3, 0.4) is 0 Å². The molecule has 0 aromatic heterocycles. The summed E-state index contributed by atoms with van der Waals surface area (Å²) < 4.78 is 0. The maximum atomic E-state index is 8.31. The molecule has 0 aromatic rings. The quantitative estimate of drug-likeness (QED) is 0.303. The predicted molar refractivity (Wildman–Crippen MR) is 63.2 cm³/mol. The van der Waals surface area contributed by atoms with Gasteiger partial charge in [-0.05, 0) is 6.42 Å². The molecule has 0 heterocycles. The van der Waals surface area contributed by atoms with E-state index in [1.54, 1.807) is 6.19 Å². The van der Waals surface area contributed by atoms with Crippen molar-refractivity contribution in [2.75, 3.05) is 13.6 Å². The Morgan fingerprint density at radius 3 is 2.47 bits per heavy atom. The standard InChI is InChI=1S/C11H22N4/c1-3-4-5-6-7-8-9-15(2)11(13)14-10-12/h3-9H2,1-2H3,(H2,13,14). The van der Waals surface area contributed by atoms with Gasteiger partial charge in [-0.3, -0.25) is 0 Å². The first-order valence-corrected chi connectivity index (χ1v) is 5.65. The summed E-state index contributed by atoms with van der Waals surface area (Å²) in [5, 5.41) is 8.31. The van der Waals surface area contributed by atoms with Gasteiger partial charge in [0, 0.05) is 13.6 Å². The zero-order chi connectivity index (χ0) is 11.5. The molecule has 15 heavy (non-hydrogen) atoms. The van der Waals surface area contributed by atoms with Crippen LogP contribution in [0.2, 0.25) is 0 Å². The van der Waals surface area contributed by atoms with Crippen molar-refractivity contribution in [3.05, 3.63) is 0 Å². The van der Waals surface area contributed by atoms with Crippen molar-refractivity contribution in [2.24, 2.45) is 10.7 Å². The van der Waals surface area contributed by atoms with Gasteiger partial charge in [0.15, 0.2) is 0 Å². The topological polar surface area (TPSA) is 65.4 Å². The van der Waals surface area contributed by atoms with Crippen LogP contribution in [0, 0.1) is 11.5 Å². The van der Waals surface area contributed by atoms with E-state index < -0.39 is 0 Å². The van der Waals surface area contributed by atoms with Crippen LogP contribution in [-0.2, 0) is 0 Å². The average Bonchev–Trinajstić information content (AvgIpc) is 2.23. The molecule has 0 spiro atoms. The summed E-state index contributed by atoms with van der Waals surface area (Å²) in [7, 11) is 1.86. The highest BCUT2D eigenvalue weighted by Gasteiger charge is 2.00. The van der Waals surface area contributed by atoms with Crippen LogP contribution in [0.15, 0.2) is 4.99 Å². The number of hydrogen-bond donors (Lipinski definition) is 1. The van der Waals surface area contributed by atoms with Gasteiger partial charge in [0.2, 0.25) is 12.2 Å². The smallest absolute Gasteiger partial charge is 0.209 e. The Kier molecular flexibility index (Phi) is 8.55. The third-order valence-corrected chi connectivity index (χ3v) is 2.40. The Hall–Kier alpha value is -1.24. The minimum absolute atomic E-state index is 0.311. The average molecular weight is 210 g/mol. The number of nitrogens with zero attached hydrogens (tertiary/aromatic N) is 3. The second-order valence-corrected chi connectivity index (χ2v) is 3.76. The van der Waals surface area contributed by atoms with Crippen LogP contribution in [0.4, 0.5) is 0 Å². The third kappa shape index (κ3) is 7.80. The number of rotatable bonds is 7. The minimum atomic E-state index is 0.311. The summed E-state index contributed by atoms with van der Waals surface area (Å²) in [5.41, 5.74) is 5.54. The Morgan fingerprint density at radius 2 is 1.87 bits per heavy atom. The van der Waals surface area contributed by atoms with Gasteiger partial charge in [0.05, 0.1) is 0 Å². The molecule has 0 fully saturated rings. The fourth-order valence-electron chi connectivity index (χ4n) is 1.38. The van der Waals surface area contributed by atoms with Gasteiger partial charge in [0.25, 0.3) is 0 Å². The van der Waals surface area contributed by atoms with Crippen molar-refractivity contribution in [1.82, 2.24) is 4.90 Å². The number of guanidine groups is 1. The van der Waals surface area contributed by atoms with Gasteiger partial charge in [-0.25, -0.2) is 0 Å². The van der Waals surface area contributed by atoms with Crippen molar-refractivity contribution in [3.8, 4) is 6.19 Å². The van der Waals surface area contributed by atoms with Gasteiger partial charge < -0.3 is 10.6 Å². The molecule has 0 aliphatic heterocycles. The maximum absolute atomic E-state index is 8.31. The van der Waals surface area contributed by atoms with E-state index in [0.717, 1.165) is 13.0 Å².